The number of anilines is 2. The number of carbonyl (C=O) groups is 2. The number of fused-ring (bicyclic) bond motifs is 1. The first-order valence-corrected chi connectivity index (χ1v) is 8.59. The summed E-state index contributed by atoms with van der Waals surface area (Å²) in [4.78, 5) is 24.9. The second kappa shape index (κ2) is 6.85. The highest BCUT2D eigenvalue weighted by Crippen LogP contribution is 2.34. The highest BCUT2D eigenvalue weighted by atomic mass is 35.5. The van der Waals surface area contributed by atoms with Crippen molar-refractivity contribution in [2.75, 3.05) is 10.6 Å². The lowest BCUT2D eigenvalue weighted by Gasteiger charge is -2.24. The first-order chi connectivity index (χ1) is 13.0. The van der Waals surface area contributed by atoms with Crippen molar-refractivity contribution in [1.29, 1.82) is 0 Å². The maximum absolute atomic E-state index is 13.0. The minimum absolute atomic E-state index is 0.0399. The first kappa shape index (κ1) is 17.2. The van der Waals surface area contributed by atoms with Gasteiger partial charge in [0.2, 0.25) is 11.8 Å². The molecule has 2 N–H and O–H groups in total. The Hall–Kier alpha value is -3.19. The van der Waals surface area contributed by atoms with Gasteiger partial charge in [-0.2, -0.15) is 5.10 Å². The van der Waals surface area contributed by atoms with Crippen LogP contribution in [-0.2, 0) is 9.59 Å². The van der Waals surface area contributed by atoms with E-state index in [1.165, 1.54) is 28.9 Å². The Bertz CT molecular complexity index is 1020. The Labute approximate surface area is 158 Å². The van der Waals surface area contributed by atoms with E-state index in [1.54, 1.807) is 18.3 Å². The summed E-state index contributed by atoms with van der Waals surface area (Å²) in [6.07, 6.45) is 1.56. The molecule has 1 atom stereocenters. The van der Waals surface area contributed by atoms with Crippen LogP contribution >= 0.6 is 11.6 Å². The average molecular weight is 385 g/mol. The molecule has 1 aliphatic heterocycles. The molecule has 0 saturated heterocycles. The third kappa shape index (κ3) is 3.41. The Balaban J connectivity index is 1.65. The van der Waals surface area contributed by atoms with E-state index in [2.05, 4.69) is 15.7 Å². The Morgan fingerprint density at radius 3 is 2.59 bits per heavy atom. The molecule has 0 radical (unpaired) electrons. The van der Waals surface area contributed by atoms with Crippen LogP contribution in [0.5, 0.6) is 0 Å². The topological polar surface area (TPSA) is 76.0 Å². The van der Waals surface area contributed by atoms with Gasteiger partial charge in [-0.25, -0.2) is 9.07 Å². The third-order valence-corrected chi connectivity index (χ3v) is 4.55. The van der Waals surface area contributed by atoms with Crippen molar-refractivity contribution in [3.05, 3.63) is 65.6 Å². The third-order valence-electron chi connectivity index (χ3n) is 4.30. The molecule has 8 heteroatoms. The molecule has 0 spiro atoms. The lowest BCUT2D eigenvalue weighted by molar-refractivity contribution is -0.125. The highest BCUT2D eigenvalue weighted by Gasteiger charge is 2.33. The fourth-order valence-electron chi connectivity index (χ4n) is 2.97. The lowest BCUT2D eigenvalue weighted by atomic mass is 10.1. The molecule has 6 nitrogen and oxygen atoms in total. The lowest BCUT2D eigenvalue weighted by Crippen LogP contribution is -2.35. The van der Waals surface area contributed by atoms with Gasteiger partial charge in [-0.15, -0.1) is 0 Å². The van der Waals surface area contributed by atoms with E-state index in [9.17, 15) is 14.0 Å². The van der Waals surface area contributed by atoms with Gasteiger partial charge in [-0.05, 0) is 42.0 Å². The number of amides is 2. The van der Waals surface area contributed by atoms with Gasteiger partial charge in [0, 0.05) is 16.3 Å². The van der Waals surface area contributed by atoms with Gasteiger partial charge in [0.25, 0.3) is 0 Å². The number of hydrogen-bond donors (Lipinski definition) is 2. The summed E-state index contributed by atoms with van der Waals surface area (Å²) in [6, 6.07) is 11.7. The summed E-state index contributed by atoms with van der Waals surface area (Å²) in [5.41, 5.74) is 1.96. The van der Waals surface area contributed by atoms with E-state index in [4.69, 9.17) is 11.6 Å². The summed E-state index contributed by atoms with van der Waals surface area (Å²) in [5, 5.41) is 10.4. The van der Waals surface area contributed by atoms with Crippen LogP contribution < -0.4 is 10.6 Å². The molecule has 27 heavy (non-hydrogen) atoms. The number of hydrogen-bond acceptors (Lipinski definition) is 3. The van der Waals surface area contributed by atoms with Crippen molar-refractivity contribution in [1.82, 2.24) is 9.78 Å². The van der Waals surface area contributed by atoms with Crippen molar-refractivity contribution in [3.8, 4) is 11.1 Å². The Kier molecular flexibility index (Phi) is 4.37. The molecule has 136 valence electrons. The quantitative estimate of drug-likeness (QED) is 0.719. The molecule has 0 fully saturated rings. The van der Waals surface area contributed by atoms with Gasteiger partial charge in [0.1, 0.15) is 17.7 Å². The zero-order valence-electron chi connectivity index (χ0n) is 13.9. The fraction of sp³-hybridized carbons (Fsp3) is 0.105. The van der Waals surface area contributed by atoms with Crippen LogP contribution in [0.3, 0.4) is 0 Å². The van der Waals surface area contributed by atoms with Crippen LogP contribution in [0, 0.1) is 5.82 Å². The fourth-order valence-corrected chi connectivity index (χ4v) is 3.10. The average Bonchev–Trinajstić information content (AvgIpc) is 3.07. The number of benzene rings is 2. The van der Waals surface area contributed by atoms with Crippen LogP contribution in [-0.4, -0.2) is 21.6 Å². The number of carbonyl (C=O) groups excluding carboxylic acids is 2. The molecule has 2 aromatic carbocycles. The number of halogens is 2. The summed E-state index contributed by atoms with van der Waals surface area (Å²) in [7, 11) is 0. The van der Waals surface area contributed by atoms with Crippen molar-refractivity contribution in [2.24, 2.45) is 0 Å². The standard InChI is InChI=1S/C19H14ClFN4O2/c20-12-3-1-11(2-4-12)15-10-22-25-16(9-17(26)24-18(15)25)19(27)23-14-7-5-13(21)6-8-14/h1-8,10,16H,9H2,(H,23,27)(H,24,26). The van der Waals surface area contributed by atoms with Gasteiger partial charge in [0.05, 0.1) is 12.6 Å². The largest absolute Gasteiger partial charge is 0.324 e. The highest BCUT2D eigenvalue weighted by molar-refractivity contribution is 6.30. The molecule has 0 bridgehead atoms. The molecule has 1 unspecified atom stereocenters. The van der Waals surface area contributed by atoms with Gasteiger partial charge in [-0.1, -0.05) is 23.7 Å². The van der Waals surface area contributed by atoms with Crippen LogP contribution in [0.2, 0.25) is 5.02 Å². The molecular weight excluding hydrogens is 371 g/mol. The Morgan fingerprint density at radius 1 is 1.19 bits per heavy atom. The minimum Gasteiger partial charge on any atom is -0.324 e. The van der Waals surface area contributed by atoms with E-state index >= 15 is 0 Å². The number of aromatic nitrogens is 2. The van der Waals surface area contributed by atoms with E-state index in [0.29, 0.717) is 22.1 Å². The van der Waals surface area contributed by atoms with Gasteiger partial charge in [-0.3, -0.25) is 9.59 Å². The van der Waals surface area contributed by atoms with Crippen LogP contribution in [0.25, 0.3) is 11.1 Å². The van der Waals surface area contributed by atoms with Gasteiger partial charge in [0.15, 0.2) is 0 Å². The van der Waals surface area contributed by atoms with Crippen molar-refractivity contribution in [2.45, 2.75) is 12.5 Å². The monoisotopic (exact) mass is 384 g/mol. The summed E-state index contributed by atoms with van der Waals surface area (Å²) >= 11 is 5.92. The smallest absolute Gasteiger partial charge is 0.249 e. The summed E-state index contributed by atoms with van der Waals surface area (Å²) in [5.74, 6) is -0.624. The van der Waals surface area contributed by atoms with Crippen molar-refractivity contribution < 1.29 is 14.0 Å². The number of nitrogens with zero attached hydrogens (tertiary/aromatic N) is 2. The summed E-state index contributed by atoms with van der Waals surface area (Å²) < 4.78 is 14.5. The molecule has 2 heterocycles. The number of rotatable bonds is 3. The first-order valence-electron chi connectivity index (χ1n) is 8.21. The molecule has 1 aliphatic rings. The molecule has 2 amide bonds. The molecule has 4 rings (SSSR count). The SMILES string of the molecule is O=C1CC(C(=O)Nc2ccc(F)cc2)n2ncc(-c3ccc(Cl)cc3)c2N1. The molecule has 3 aromatic rings. The minimum atomic E-state index is -0.806. The van der Waals surface area contributed by atoms with E-state index in [1.807, 2.05) is 12.1 Å². The molecular formula is C19H14ClFN4O2. The zero-order chi connectivity index (χ0) is 19.0. The molecule has 1 aromatic heterocycles. The second-order valence-electron chi connectivity index (χ2n) is 6.12. The van der Waals surface area contributed by atoms with Gasteiger partial charge < -0.3 is 10.6 Å². The Morgan fingerprint density at radius 2 is 1.89 bits per heavy atom. The van der Waals surface area contributed by atoms with E-state index in [0.717, 1.165) is 5.56 Å². The maximum Gasteiger partial charge on any atom is 0.249 e. The van der Waals surface area contributed by atoms with Crippen molar-refractivity contribution in [3.63, 3.8) is 0 Å². The predicted octanol–water partition coefficient (Wildman–Crippen LogP) is 3.86. The maximum atomic E-state index is 13.0. The van der Waals surface area contributed by atoms with Crippen LogP contribution in [0.4, 0.5) is 15.9 Å². The van der Waals surface area contributed by atoms with Crippen molar-refractivity contribution >= 4 is 34.9 Å². The van der Waals surface area contributed by atoms with Crippen LogP contribution in [0.15, 0.2) is 54.7 Å². The molecule has 0 aliphatic carbocycles. The van der Waals surface area contributed by atoms with Gasteiger partial charge >= 0.3 is 0 Å². The normalized spacial score (nSPS) is 15.8. The van der Waals surface area contributed by atoms with E-state index in [-0.39, 0.29) is 12.3 Å². The number of nitrogens with one attached hydrogen (secondary N) is 2. The predicted molar refractivity (Wildman–Crippen MR) is 100.0 cm³/mol. The second-order valence-corrected chi connectivity index (χ2v) is 6.56. The summed E-state index contributed by atoms with van der Waals surface area (Å²) in [6.45, 7) is 0. The van der Waals surface area contributed by atoms with Crippen LogP contribution in [0.1, 0.15) is 12.5 Å². The zero-order valence-corrected chi connectivity index (χ0v) is 14.7. The van der Waals surface area contributed by atoms with E-state index < -0.39 is 17.8 Å². The molecule has 0 saturated carbocycles.